The summed E-state index contributed by atoms with van der Waals surface area (Å²) in [5.41, 5.74) is 0.948. The molecule has 0 spiro atoms. The third-order valence-electron chi connectivity index (χ3n) is 2.07. The molecule has 2 rings (SSSR count). The zero-order chi connectivity index (χ0) is 13.0. The van der Waals surface area contributed by atoms with E-state index < -0.39 is 0 Å². The fourth-order valence-electron chi connectivity index (χ4n) is 1.31. The van der Waals surface area contributed by atoms with Gasteiger partial charge in [-0.1, -0.05) is 17.7 Å². The lowest BCUT2D eigenvalue weighted by molar-refractivity contribution is -0.115. The molecule has 3 N–H and O–H groups in total. The molecule has 8 heteroatoms. The van der Waals surface area contributed by atoms with Crippen LogP contribution in [-0.2, 0) is 4.79 Å². The Morgan fingerprint density at radius 3 is 3.17 bits per heavy atom. The fourth-order valence-corrected chi connectivity index (χ4v) is 1.53. The molecule has 0 saturated heterocycles. The van der Waals surface area contributed by atoms with Crippen molar-refractivity contribution in [1.82, 2.24) is 25.3 Å². The Hall–Kier alpha value is -1.99. The third-order valence-corrected chi connectivity index (χ3v) is 2.34. The van der Waals surface area contributed by atoms with Crippen molar-refractivity contribution in [2.24, 2.45) is 0 Å². The number of amides is 1. The molecule has 0 aliphatic carbocycles. The van der Waals surface area contributed by atoms with Gasteiger partial charge in [0.15, 0.2) is 10.8 Å². The number of halogens is 1. The van der Waals surface area contributed by atoms with E-state index in [0.717, 1.165) is 0 Å². The summed E-state index contributed by atoms with van der Waals surface area (Å²) < 4.78 is 0. The van der Waals surface area contributed by atoms with E-state index in [0.29, 0.717) is 17.7 Å². The van der Waals surface area contributed by atoms with E-state index >= 15 is 0 Å². The molecule has 0 aromatic carbocycles. The van der Waals surface area contributed by atoms with E-state index in [2.05, 4.69) is 37.1 Å². The molecule has 0 atom stereocenters. The van der Waals surface area contributed by atoms with Crippen LogP contribution in [-0.4, -0.2) is 38.9 Å². The normalized spacial score (nSPS) is 10.5. The van der Waals surface area contributed by atoms with Crippen LogP contribution in [0.15, 0.2) is 19.0 Å². The van der Waals surface area contributed by atoms with Crippen LogP contribution in [0, 0.1) is 0 Å². The summed E-state index contributed by atoms with van der Waals surface area (Å²) in [7, 11) is 0. The summed E-state index contributed by atoms with van der Waals surface area (Å²) in [6, 6.07) is 0. The molecule has 18 heavy (non-hydrogen) atoms. The number of anilines is 1. The number of H-pyrrole nitrogens is 1. The highest BCUT2D eigenvalue weighted by atomic mass is 35.5. The molecule has 7 nitrogen and oxygen atoms in total. The lowest BCUT2D eigenvalue weighted by atomic mass is 10.5. The van der Waals surface area contributed by atoms with Crippen molar-refractivity contribution >= 4 is 34.6 Å². The van der Waals surface area contributed by atoms with Gasteiger partial charge in [0, 0.05) is 6.54 Å². The third kappa shape index (κ3) is 2.82. The molecule has 0 bridgehead atoms. The van der Waals surface area contributed by atoms with Crippen molar-refractivity contribution < 1.29 is 4.79 Å². The Morgan fingerprint density at radius 2 is 2.39 bits per heavy atom. The quantitative estimate of drug-likeness (QED) is 0.421. The fraction of sp³-hybridized carbons (Fsp3) is 0.200. The van der Waals surface area contributed by atoms with Gasteiger partial charge in [-0.25, -0.2) is 4.98 Å². The molecule has 94 valence electrons. The first-order valence-corrected chi connectivity index (χ1v) is 5.56. The van der Waals surface area contributed by atoms with Crippen molar-refractivity contribution in [1.29, 1.82) is 0 Å². The topological polar surface area (TPSA) is 95.6 Å². The molecular formula is C10H11ClN6O. The van der Waals surface area contributed by atoms with Gasteiger partial charge in [0.2, 0.25) is 11.9 Å². The van der Waals surface area contributed by atoms with E-state index in [4.69, 9.17) is 11.6 Å². The number of carbonyl (C=O) groups excluding carboxylic acids is 1. The van der Waals surface area contributed by atoms with Gasteiger partial charge in [0.25, 0.3) is 0 Å². The highest BCUT2D eigenvalue weighted by molar-refractivity contribution is 6.33. The Kier molecular flexibility index (Phi) is 3.85. The number of aromatic nitrogens is 4. The number of aromatic amines is 1. The number of nitrogens with one attached hydrogen (secondary N) is 3. The molecule has 0 radical (unpaired) electrons. The van der Waals surface area contributed by atoms with Crippen LogP contribution in [0.2, 0.25) is 5.15 Å². The largest absolute Gasteiger partial charge is 0.341 e. The van der Waals surface area contributed by atoms with Crippen LogP contribution < -0.4 is 10.6 Å². The number of rotatable bonds is 5. The maximum absolute atomic E-state index is 11.5. The summed E-state index contributed by atoms with van der Waals surface area (Å²) in [5.74, 6) is -0.132. The first kappa shape index (κ1) is 12.5. The lowest BCUT2D eigenvalue weighted by Crippen LogP contribution is -2.28. The zero-order valence-electron chi connectivity index (χ0n) is 9.40. The van der Waals surface area contributed by atoms with Crippen LogP contribution in [0.4, 0.5) is 5.95 Å². The molecule has 0 saturated carbocycles. The maximum Gasteiger partial charge on any atom is 0.240 e. The van der Waals surface area contributed by atoms with Crippen molar-refractivity contribution in [2.45, 2.75) is 0 Å². The Bertz CT molecular complexity index is 581. The zero-order valence-corrected chi connectivity index (χ0v) is 10.2. The Morgan fingerprint density at radius 1 is 1.56 bits per heavy atom. The van der Waals surface area contributed by atoms with Crippen LogP contribution >= 0.6 is 11.6 Å². The van der Waals surface area contributed by atoms with E-state index in [1.165, 1.54) is 6.33 Å². The SMILES string of the molecule is C=CCNCC(=O)Nc1nc(Cl)c2[nH]cnc2n1. The van der Waals surface area contributed by atoms with Crippen molar-refractivity contribution in [3.05, 3.63) is 24.1 Å². The van der Waals surface area contributed by atoms with Crippen molar-refractivity contribution in [3.8, 4) is 0 Å². The van der Waals surface area contributed by atoms with Gasteiger partial charge in [0.05, 0.1) is 12.9 Å². The standard InChI is InChI=1S/C10H11ClN6O/c1-2-3-12-4-6(18)15-10-16-8(11)7-9(17-10)14-5-13-7/h2,5,12H,1,3-4H2,(H2,13,14,15,16,17,18). The first-order valence-electron chi connectivity index (χ1n) is 5.19. The van der Waals surface area contributed by atoms with Gasteiger partial charge in [-0.3, -0.25) is 10.1 Å². The predicted molar refractivity (Wildman–Crippen MR) is 68.4 cm³/mol. The van der Waals surface area contributed by atoms with Gasteiger partial charge in [0.1, 0.15) is 5.52 Å². The minimum atomic E-state index is -0.261. The van der Waals surface area contributed by atoms with Crippen LogP contribution in [0.25, 0.3) is 11.2 Å². The van der Waals surface area contributed by atoms with Gasteiger partial charge in [-0.15, -0.1) is 6.58 Å². The van der Waals surface area contributed by atoms with Crippen molar-refractivity contribution in [2.75, 3.05) is 18.4 Å². The maximum atomic E-state index is 11.5. The van der Waals surface area contributed by atoms with Crippen LogP contribution in [0.1, 0.15) is 0 Å². The van der Waals surface area contributed by atoms with Gasteiger partial charge >= 0.3 is 0 Å². The van der Waals surface area contributed by atoms with Crippen LogP contribution in [0.3, 0.4) is 0 Å². The highest BCUT2D eigenvalue weighted by Gasteiger charge is 2.10. The molecule has 2 aromatic heterocycles. The predicted octanol–water partition coefficient (Wildman–Crippen LogP) is 0.720. The molecule has 0 fully saturated rings. The van der Waals surface area contributed by atoms with E-state index in [9.17, 15) is 4.79 Å². The summed E-state index contributed by atoms with van der Waals surface area (Å²) in [5, 5.41) is 5.60. The average molecular weight is 267 g/mol. The summed E-state index contributed by atoms with van der Waals surface area (Å²) in [6.07, 6.45) is 3.12. The summed E-state index contributed by atoms with van der Waals surface area (Å²) in [4.78, 5) is 26.3. The van der Waals surface area contributed by atoms with E-state index in [-0.39, 0.29) is 23.6 Å². The van der Waals surface area contributed by atoms with Gasteiger partial charge in [-0.05, 0) is 0 Å². The summed E-state index contributed by atoms with van der Waals surface area (Å²) in [6.45, 7) is 4.23. The van der Waals surface area contributed by atoms with Crippen molar-refractivity contribution in [3.63, 3.8) is 0 Å². The molecule has 0 unspecified atom stereocenters. The van der Waals surface area contributed by atoms with Gasteiger partial charge < -0.3 is 10.3 Å². The second-order valence-corrected chi connectivity index (χ2v) is 3.76. The van der Waals surface area contributed by atoms with E-state index in [1.54, 1.807) is 6.08 Å². The van der Waals surface area contributed by atoms with Crippen LogP contribution in [0.5, 0.6) is 0 Å². The minimum absolute atomic E-state index is 0.130. The number of hydrogen-bond acceptors (Lipinski definition) is 5. The Labute approximate surface area is 108 Å². The average Bonchev–Trinajstić information content (AvgIpc) is 2.78. The van der Waals surface area contributed by atoms with Gasteiger partial charge in [-0.2, -0.15) is 9.97 Å². The molecule has 0 aliphatic heterocycles. The lowest BCUT2D eigenvalue weighted by Gasteiger charge is -2.04. The number of imidazole rings is 1. The molecular weight excluding hydrogens is 256 g/mol. The Balaban J connectivity index is 2.07. The molecule has 2 aromatic rings. The second kappa shape index (κ2) is 5.56. The molecule has 0 aliphatic rings. The monoisotopic (exact) mass is 266 g/mol. The number of fused-ring (bicyclic) bond motifs is 1. The molecule has 1 amide bonds. The highest BCUT2D eigenvalue weighted by Crippen LogP contribution is 2.17. The first-order chi connectivity index (χ1) is 8.70. The number of carbonyl (C=O) groups is 1. The molecule has 2 heterocycles. The number of nitrogens with zero attached hydrogens (tertiary/aromatic N) is 3. The minimum Gasteiger partial charge on any atom is -0.341 e. The van der Waals surface area contributed by atoms with E-state index in [1.807, 2.05) is 0 Å². The number of hydrogen-bond donors (Lipinski definition) is 3. The second-order valence-electron chi connectivity index (χ2n) is 3.41. The summed E-state index contributed by atoms with van der Waals surface area (Å²) >= 11 is 5.91. The smallest absolute Gasteiger partial charge is 0.240 e.